The maximum absolute atomic E-state index is 10.9. The summed E-state index contributed by atoms with van der Waals surface area (Å²) in [6.45, 7) is 0. The van der Waals surface area contributed by atoms with Gasteiger partial charge in [0.05, 0.1) is 9.85 Å². The molecule has 0 radical (unpaired) electrons. The molecular weight excluding hydrogens is 1310 g/mol. The van der Waals surface area contributed by atoms with Crippen molar-refractivity contribution in [1.82, 2.24) is 58.6 Å². The number of aliphatic hydroxyl groups is 1. The molecule has 0 saturated carbocycles. The summed E-state index contributed by atoms with van der Waals surface area (Å²) in [6, 6.07) is 57.5. The molecule has 0 saturated heterocycles. The third-order valence-corrected chi connectivity index (χ3v) is 14.3. The molecule has 0 bridgehead atoms. The van der Waals surface area contributed by atoms with Crippen molar-refractivity contribution in [3.05, 3.63) is 274 Å². The van der Waals surface area contributed by atoms with Gasteiger partial charge in [0.2, 0.25) is 46.0 Å². The number of ether oxygens (including phenoxy) is 4. The van der Waals surface area contributed by atoms with E-state index in [4.69, 9.17) is 58.7 Å². The Balaban J connectivity index is 0.000000137. The van der Waals surface area contributed by atoms with Crippen LogP contribution < -0.4 is 41.0 Å². The highest BCUT2D eigenvalue weighted by atomic mass is 35.5. The Morgan fingerprint density at radius 2 is 0.808 bits per heavy atom. The monoisotopic (exact) mass is 1370 g/mol. The molecule has 0 aliphatic rings. The zero-order valence-electron chi connectivity index (χ0n) is 53.0. The smallest absolute Gasteiger partial charge is 0.271 e. The minimum atomic E-state index is -0.476. The Morgan fingerprint density at radius 1 is 0.434 bits per heavy atom. The lowest BCUT2D eigenvalue weighted by molar-refractivity contribution is -0.385. The van der Waals surface area contributed by atoms with Crippen LogP contribution in [0.25, 0.3) is 43.6 Å². The largest absolute Gasteiger partial charge is 0.439 e. The fraction of sp³-hybridized carbons (Fsp3) is 0.0571. The highest BCUT2D eigenvalue weighted by Gasteiger charge is 2.12. The van der Waals surface area contributed by atoms with Gasteiger partial charge < -0.3 is 64.8 Å². The highest BCUT2D eigenvalue weighted by Crippen LogP contribution is 2.31. The fourth-order valence-corrected chi connectivity index (χ4v) is 9.71. The molecule has 15 rings (SSSR count). The third-order valence-electron chi connectivity index (χ3n) is 14.0. The molecule has 0 amide bonds. The molecule has 7 aromatic carbocycles. The Bertz CT molecular complexity index is 5260. The second-order valence-electron chi connectivity index (χ2n) is 20.9. The number of halogens is 2. The summed E-state index contributed by atoms with van der Waals surface area (Å²) in [4.78, 5) is 55.7. The van der Waals surface area contributed by atoms with Crippen molar-refractivity contribution < 1.29 is 33.9 Å². The van der Waals surface area contributed by atoms with Crippen LogP contribution in [0.3, 0.4) is 0 Å². The van der Waals surface area contributed by atoms with E-state index in [1.54, 1.807) is 73.3 Å². The number of nitro groups is 2. The first kappa shape index (κ1) is 68.6. The van der Waals surface area contributed by atoms with Gasteiger partial charge in [-0.3, -0.25) is 20.2 Å². The molecule has 8 heterocycles. The number of H-pyrrole nitrogens is 1. The van der Waals surface area contributed by atoms with E-state index in [1.807, 2.05) is 166 Å². The van der Waals surface area contributed by atoms with E-state index < -0.39 is 9.85 Å². The summed E-state index contributed by atoms with van der Waals surface area (Å²) in [5, 5.41) is 38.8. The number of nitrogens with two attached hydrogens (primary N) is 2. The number of nitrogens with one attached hydrogen (secondary N) is 3. The maximum Gasteiger partial charge on any atom is 0.271 e. The van der Waals surface area contributed by atoms with Crippen molar-refractivity contribution in [2.75, 3.05) is 29.2 Å². The SMILES string of the molecule is CO.Clc1nccc(Oc2ccc3[nH]ccc3c2)n1.Cn1ccc2cc(Oc3ccnc(Cl)n3)ccc21.Cn1ccc2cc(Oc3ccnc(Nc4cccc(N)c4)n3)ccc21.Cn1ccc2cc(Oc3ccnc(Nc4cccc([N+](=O)[O-])c4)n3)ccc21.Nc1cccc([N+](=O)[O-])c1. The van der Waals surface area contributed by atoms with Crippen molar-refractivity contribution in [2.45, 2.75) is 0 Å². The molecule has 27 nitrogen and oxygen atoms in total. The third kappa shape index (κ3) is 19.2. The Labute approximate surface area is 573 Å². The topological polar surface area (TPSA) is 353 Å². The van der Waals surface area contributed by atoms with Gasteiger partial charge in [-0.1, -0.05) is 18.2 Å². The number of aromatic amines is 1. The first-order valence-corrected chi connectivity index (χ1v) is 30.4. The molecule has 15 aromatic rings. The number of nitrogen functional groups attached to an aromatic ring is 2. The van der Waals surface area contributed by atoms with E-state index >= 15 is 0 Å². The molecule has 0 fully saturated rings. The number of aromatic nitrogens is 12. The summed E-state index contributed by atoms with van der Waals surface area (Å²) >= 11 is 11.4. The minimum absolute atomic E-state index is 0.0106. The molecule has 8 N–H and O–H groups in total. The van der Waals surface area contributed by atoms with Crippen LogP contribution in [0, 0.1) is 20.2 Å². The predicted molar refractivity (Wildman–Crippen MR) is 382 cm³/mol. The van der Waals surface area contributed by atoms with Crippen molar-refractivity contribution in [3.63, 3.8) is 0 Å². The van der Waals surface area contributed by atoms with E-state index in [0.29, 0.717) is 58.0 Å². The van der Waals surface area contributed by atoms with Gasteiger partial charge in [-0.05, 0) is 151 Å². The number of hydrogen-bond donors (Lipinski definition) is 6. The van der Waals surface area contributed by atoms with Crippen molar-refractivity contribution in [2.24, 2.45) is 21.1 Å². The molecule has 0 aliphatic heterocycles. The second kappa shape index (κ2) is 32.7. The van der Waals surface area contributed by atoms with Gasteiger partial charge in [0.25, 0.3) is 11.4 Å². The Kier molecular flexibility index (Phi) is 22.7. The zero-order valence-corrected chi connectivity index (χ0v) is 54.5. The van der Waals surface area contributed by atoms with E-state index in [-0.39, 0.29) is 27.9 Å². The number of nitro benzene ring substituents is 2. The molecule has 29 heteroatoms. The normalized spacial score (nSPS) is 10.4. The highest BCUT2D eigenvalue weighted by molar-refractivity contribution is 6.28. The average Bonchev–Trinajstić information content (AvgIpc) is 1.72. The molecule has 0 atom stereocenters. The molecule has 498 valence electrons. The van der Waals surface area contributed by atoms with Crippen LogP contribution >= 0.6 is 23.2 Å². The first-order chi connectivity index (χ1) is 48.0. The zero-order chi connectivity index (χ0) is 69.8. The van der Waals surface area contributed by atoms with Crippen LogP contribution in [0.2, 0.25) is 10.6 Å². The van der Waals surface area contributed by atoms with Gasteiger partial charge >= 0.3 is 0 Å². The lowest BCUT2D eigenvalue weighted by Gasteiger charge is -2.08. The predicted octanol–water partition coefficient (Wildman–Crippen LogP) is 16.1. The van der Waals surface area contributed by atoms with Gasteiger partial charge in [-0.15, -0.1) is 0 Å². The number of aryl methyl sites for hydroxylation is 3. The van der Waals surface area contributed by atoms with Gasteiger partial charge in [-0.25, -0.2) is 19.9 Å². The minimum Gasteiger partial charge on any atom is -0.439 e. The molecule has 0 unspecified atom stereocenters. The molecule has 0 spiro atoms. The summed E-state index contributed by atoms with van der Waals surface area (Å²) in [7, 11) is 7.01. The molecule has 0 aliphatic carbocycles. The molecule has 8 aromatic heterocycles. The number of fused-ring (bicyclic) bond motifs is 4. The summed E-state index contributed by atoms with van der Waals surface area (Å²) < 4.78 is 29.1. The first-order valence-electron chi connectivity index (χ1n) is 29.6. The fourth-order valence-electron chi connectivity index (χ4n) is 9.43. The Hall–Kier alpha value is -13.2. The summed E-state index contributed by atoms with van der Waals surface area (Å²) in [5.74, 6) is 5.27. The average molecular weight is 1370 g/mol. The standard InChI is InChI=1S/C19H15N5O3.C19H17N5O.C13H10ClN3O.C12H8ClN3O.C6H6N2O2.CH4O/c1-23-10-8-13-11-16(5-6-17(13)23)27-18-7-9-20-19(22-18)21-14-3-2-4-15(12-14)24(25)26;1-24-10-8-13-11-16(5-6-17(13)24)25-18-7-9-21-19(23-18)22-15-4-2-3-14(20)12-15;1-17-7-5-9-8-10(2-3-11(9)17)18-12-4-6-15-13(14)16-12;13-12-15-6-4-11(16-12)17-9-1-2-10-8(7-9)3-5-14-10;7-5-2-1-3-6(4-5)8(9)10;1-2/h2-12H,1H3,(H,20,21,22);2-12H,20H2,1H3,(H,21,22,23);2-8H,1H3;1-7,14H;1-4H,7H2;2H,1H3. The van der Waals surface area contributed by atoms with Crippen LogP contribution in [0.5, 0.6) is 46.5 Å². The van der Waals surface area contributed by atoms with Crippen molar-refractivity contribution in [3.8, 4) is 46.5 Å². The maximum atomic E-state index is 10.9. The van der Waals surface area contributed by atoms with E-state index in [9.17, 15) is 20.2 Å². The van der Waals surface area contributed by atoms with Gasteiger partial charge in [0.1, 0.15) is 23.0 Å². The number of non-ortho nitro benzene ring substituents is 2. The lowest BCUT2D eigenvalue weighted by atomic mass is 10.2. The quantitative estimate of drug-likeness (QED) is 0.0255. The van der Waals surface area contributed by atoms with Crippen molar-refractivity contribution in [1.29, 1.82) is 0 Å². The summed E-state index contributed by atoms with van der Waals surface area (Å²) in [6.07, 6.45) is 14.2. The van der Waals surface area contributed by atoms with E-state index in [1.165, 1.54) is 24.3 Å². The van der Waals surface area contributed by atoms with Crippen LogP contribution in [0.15, 0.2) is 244 Å². The van der Waals surface area contributed by atoms with E-state index in [0.717, 1.165) is 67.9 Å². The van der Waals surface area contributed by atoms with Crippen LogP contribution in [0.1, 0.15) is 0 Å². The summed E-state index contributed by atoms with van der Waals surface area (Å²) in [5.41, 5.74) is 18.0. The van der Waals surface area contributed by atoms with Crippen LogP contribution in [-0.2, 0) is 21.1 Å². The molecular formula is C70H60Cl2N18O9. The van der Waals surface area contributed by atoms with Crippen LogP contribution in [0.4, 0.5) is 46.0 Å². The van der Waals surface area contributed by atoms with Gasteiger partial charge in [0.15, 0.2) is 0 Å². The number of nitrogens with zero attached hydrogens (tertiary/aromatic N) is 13. The number of anilines is 6. The number of rotatable bonds is 14. The van der Waals surface area contributed by atoms with Crippen LogP contribution in [-0.4, -0.2) is 80.6 Å². The number of hydrogen-bond acceptors (Lipinski definition) is 21. The molecule has 99 heavy (non-hydrogen) atoms. The number of aliphatic hydroxyl groups excluding tert-OH is 1. The van der Waals surface area contributed by atoms with Gasteiger partial charge in [0, 0.05) is 193 Å². The van der Waals surface area contributed by atoms with Gasteiger partial charge in [-0.2, -0.15) is 19.9 Å². The van der Waals surface area contributed by atoms with Crippen molar-refractivity contribution >= 4 is 113 Å². The van der Waals surface area contributed by atoms with E-state index in [2.05, 4.69) is 70.7 Å². The lowest BCUT2D eigenvalue weighted by Crippen LogP contribution is -1.99. The Morgan fingerprint density at radius 3 is 1.22 bits per heavy atom. The number of benzene rings is 7. The second-order valence-corrected chi connectivity index (χ2v) is 21.6.